The van der Waals surface area contributed by atoms with Gasteiger partial charge in [0.15, 0.2) is 0 Å². The van der Waals surface area contributed by atoms with Crippen LogP contribution in [0.2, 0.25) is 0 Å². The lowest BCUT2D eigenvalue weighted by Gasteiger charge is -2.22. The molecule has 120 valence electrons. The average Bonchev–Trinajstić information content (AvgIpc) is 3.21. The minimum absolute atomic E-state index is 0.172. The lowest BCUT2D eigenvalue weighted by Crippen LogP contribution is -2.37. The molecule has 0 aliphatic carbocycles. The standard InChI is InChI=1S/C18H19NO3S/c1-18(21,15-7-9-23-11-15)12-19-17(20)5-3-13-2-4-16-14(10-13)6-8-22-16/h2-5,7,9-11,21H,6,8,12H2,1H3,(H,19,20)/b5-3-/t18-/m1/s1. The van der Waals surface area contributed by atoms with Crippen molar-refractivity contribution in [3.63, 3.8) is 0 Å². The van der Waals surface area contributed by atoms with Crippen molar-refractivity contribution < 1.29 is 14.6 Å². The Morgan fingerprint density at radius 1 is 1.48 bits per heavy atom. The molecule has 1 aliphatic rings. The lowest BCUT2D eigenvalue weighted by molar-refractivity contribution is -0.117. The van der Waals surface area contributed by atoms with Gasteiger partial charge in [0, 0.05) is 12.5 Å². The number of aliphatic hydroxyl groups is 1. The van der Waals surface area contributed by atoms with E-state index in [1.54, 1.807) is 13.0 Å². The maximum Gasteiger partial charge on any atom is 0.244 e. The Hall–Kier alpha value is -2.11. The first kappa shape index (κ1) is 15.8. The molecule has 1 aromatic heterocycles. The van der Waals surface area contributed by atoms with Gasteiger partial charge in [0.25, 0.3) is 0 Å². The topological polar surface area (TPSA) is 58.6 Å². The van der Waals surface area contributed by atoms with Crippen LogP contribution in [-0.2, 0) is 16.8 Å². The van der Waals surface area contributed by atoms with Crippen LogP contribution in [0.3, 0.4) is 0 Å². The number of rotatable bonds is 5. The highest BCUT2D eigenvalue weighted by Crippen LogP contribution is 2.26. The van der Waals surface area contributed by atoms with Crippen molar-refractivity contribution >= 4 is 23.3 Å². The van der Waals surface area contributed by atoms with Crippen LogP contribution in [0.4, 0.5) is 0 Å². The molecule has 3 rings (SSSR count). The predicted molar refractivity (Wildman–Crippen MR) is 91.6 cm³/mol. The van der Waals surface area contributed by atoms with Crippen LogP contribution >= 0.6 is 11.3 Å². The SMILES string of the molecule is C[C@@](O)(CNC(=O)/C=C\c1ccc2c(c1)CCO2)c1ccsc1. The molecule has 0 radical (unpaired) electrons. The van der Waals surface area contributed by atoms with Crippen LogP contribution in [-0.4, -0.2) is 24.2 Å². The van der Waals surface area contributed by atoms with Gasteiger partial charge >= 0.3 is 0 Å². The zero-order valence-corrected chi connectivity index (χ0v) is 13.7. The Balaban J connectivity index is 1.57. The third-order valence-electron chi connectivity index (χ3n) is 3.89. The van der Waals surface area contributed by atoms with Crippen LogP contribution in [0, 0.1) is 0 Å². The molecular weight excluding hydrogens is 310 g/mol. The number of amides is 1. The first-order valence-electron chi connectivity index (χ1n) is 7.51. The fourth-order valence-corrected chi connectivity index (χ4v) is 3.26. The van der Waals surface area contributed by atoms with Crippen molar-refractivity contribution in [2.24, 2.45) is 0 Å². The second-order valence-electron chi connectivity index (χ2n) is 5.80. The van der Waals surface area contributed by atoms with Crippen molar-refractivity contribution in [3.8, 4) is 5.75 Å². The van der Waals surface area contributed by atoms with Crippen molar-refractivity contribution in [1.82, 2.24) is 5.32 Å². The molecule has 0 spiro atoms. The van der Waals surface area contributed by atoms with Crippen LogP contribution in [0.15, 0.2) is 41.1 Å². The number of hydrogen-bond donors (Lipinski definition) is 2. The third kappa shape index (κ3) is 3.81. The number of carbonyl (C=O) groups excluding carboxylic acids is 1. The summed E-state index contributed by atoms with van der Waals surface area (Å²) < 4.78 is 5.46. The van der Waals surface area contributed by atoms with Crippen LogP contribution in [0.5, 0.6) is 5.75 Å². The van der Waals surface area contributed by atoms with Gasteiger partial charge in [0.1, 0.15) is 11.4 Å². The molecular formula is C18H19NO3S. The van der Waals surface area contributed by atoms with Crippen molar-refractivity contribution in [2.45, 2.75) is 18.9 Å². The third-order valence-corrected chi connectivity index (χ3v) is 4.57. The second kappa shape index (κ2) is 6.56. The lowest BCUT2D eigenvalue weighted by atomic mass is 9.99. The van der Waals surface area contributed by atoms with Crippen LogP contribution in [0.1, 0.15) is 23.6 Å². The number of thiophene rings is 1. The molecule has 4 nitrogen and oxygen atoms in total. The van der Waals surface area contributed by atoms with Crippen LogP contribution < -0.4 is 10.1 Å². The summed E-state index contributed by atoms with van der Waals surface area (Å²) in [5.74, 6) is 0.704. The first-order chi connectivity index (χ1) is 11.0. The van der Waals surface area contributed by atoms with E-state index in [0.29, 0.717) is 0 Å². The molecule has 1 aliphatic heterocycles. The first-order valence-corrected chi connectivity index (χ1v) is 8.45. The highest BCUT2D eigenvalue weighted by atomic mass is 32.1. The molecule has 0 saturated carbocycles. The van der Waals surface area contributed by atoms with Crippen molar-refractivity contribution in [1.29, 1.82) is 0 Å². The zero-order chi connectivity index (χ0) is 16.3. The number of carbonyl (C=O) groups is 1. The summed E-state index contributed by atoms with van der Waals surface area (Å²) in [6, 6.07) is 7.75. The molecule has 23 heavy (non-hydrogen) atoms. The molecule has 5 heteroatoms. The van der Waals surface area contributed by atoms with E-state index in [0.717, 1.165) is 29.9 Å². The average molecular weight is 329 g/mol. The summed E-state index contributed by atoms with van der Waals surface area (Å²) in [4.78, 5) is 11.9. The maximum absolute atomic E-state index is 11.9. The van der Waals surface area contributed by atoms with Gasteiger partial charge in [0.2, 0.25) is 5.91 Å². The van der Waals surface area contributed by atoms with E-state index in [1.165, 1.54) is 23.0 Å². The molecule has 0 saturated heterocycles. The van der Waals surface area contributed by atoms with Gasteiger partial charge < -0.3 is 15.2 Å². The fourth-order valence-electron chi connectivity index (χ4n) is 2.47. The zero-order valence-electron chi connectivity index (χ0n) is 12.9. The molecule has 0 bridgehead atoms. The summed E-state index contributed by atoms with van der Waals surface area (Å²) in [7, 11) is 0. The summed E-state index contributed by atoms with van der Waals surface area (Å²) in [6.07, 6.45) is 4.17. The Labute approximate surface area is 139 Å². The summed E-state index contributed by atoms with van der Waals surface area (Å²) >= 11 is 1.52. The number of nitrogens with one attached hydrogen (secondary N) is 1. The molecule has 1 amide bonds. The molecule has 2 heterocycles. The smallest absolute Gasteiger partial charge is 0.244 e. The van der Waals surface area contributed by atoms with Crippen molar-refractivity contribution in [2.75, 3.05) is 13.2 Å². The van der Waals surface area contributed by atoms with Gasteiger partial charge in [0.05, 0.1) is 13.2 Å². The van der Waals surface area contributed by atoms with Gasteiger partial charge in [-0.15, -0.1) is 0 Å². The van der Waals surface area contributed by atoms with Gasteiger partial charge in [-0.1, -0.05) is 6.07 Å². The Morgan fingerprint density at radius 2 is 2.35 bits per heavy atom. The fraction of sp³-hybridized carbons (Fsp3) is 0.278. The molecule has 0 unspecified atom stereocenters. The number of benzene rings is 1. The van der Waals surface area contributed by atoms with E-state index in [-0.39, 0.29) is 12.5 Å². The predicted octanol–water partition coefficient (Wildman–Crippen LogP) is 2.72. The number of ether oxygens (including phenoxy) is 1. The highest BCUT2D eigenvalue weighted by Gasteiger charge is 2.23. The van der Waals surface area contributed by atoms with Gasteiger partial charge in [-0.25, -0.2) is 0 Å². The summed E-state index contributed by atoms with van der Waals surface area (Å²) in [5.41, 5.74) is 1.89. The van der Waals surface area contributed by atoms with E-state index in [9.17, 15) is 9.90 Å². The summed E-state index contributed by atoms with van der Waals surface area (Å²) in [5, 5.41) is 16.9. The van der Waals surface area contributed by atoms with Crippen molar-refractivity contribution in [3.05, 3.63) is 57.8 Å². The summed E-state index contributed by atoms with van der Waals surface area (Å²) in [6.45, 7) is 2.59. The molecule has 2 aromatic rings. The Kier molecular flexibility index (Phi) is 4.50. The van der Waals surface area contributed by atoms with E-state index < -0.39 is 5.60 Å². The minimum atomic E-state index is -1.06. The normalized spacial score (nSPS) is 15.9. The number of hydrogen-bond acceptors (Lipinski definition) is 4. The van der Waals surface area contributed by atoms with Gasteiger partial charge in [-0.2, -0.15) is 11.3 Å². The number of fused-ring (bicyclic) bond motifs is 1. The minimum Gasteiger partial charge on any atom is -0.493 e. The maximum atomic E-state index is 11.9. The Bertz CT molecular complexity index is 720. The van der Waals surface area contributed by atoms with E-state index >= 15 is 0 Å². The highest BCUT2D eigenvalue weighted by molar-refractivity contribution is 7.08. The quantitative estimate of drug-likeness (QED) is 0.829. The van der Waals surface area contributed by atoms with Gasteiger partial charge in [-0.3, -0.25) is 4.79 Å². The molecule has 0 fully saturated rings. The second-order valence-corrected chi connectivity index (χ2v) is 6.58. The largest absolute Gasteiger partial charge is 0.493 e. The molecule has 1 atom stereocenters. The molecule has 1 aromatic carbocycles. The molecule has 2 N–H and O–H groups in total. The van der Waals surface area contributed by atoms with E-state index in [1.807, 2.05) is 35.0 Å². The van der Waals surface area contributed by atoms with E-state index in [2.05, 4.69) is 5.32 Å². The Morgan fingerprint density at radius 3 is 3.13 bits per heavy atom. The van der Waals surface area contributed by atoms with E-state index in [4.69, 9.17) is 4.74 Å². The monoisotopic (exact) mass is 329 g/mol. The van der Waals surface area contributed by atoms with Gasteiger partial charge in [-0.05, 0) is 58.6 Å². The van der Waals surface area contributed by atoms with Crippen LogP contribution in [0.25, 0.3) is 6.08 Å².